The molecule has 0 radical (unpaired) electrons. The maximum Gasteiger partial charge on any atom is 0.254 e. The van der Waals surface area contributed by atoms with E-state index in [-0.39, 0.29) is 23.8 Å². The van der Waals surface area contributed by atoms with Gasteiger partial charge in [0.05, 0.1) is 11.3 Å². The van der Waals surface area contributed by atoms with Gasteiger partial charge in [0, 0.05) is 25.9 Å². The number of hydrogen-bond donors (Lipinski definition) is 2. The highest BCUT2D eigenvalue weighted by atomic mass is 16.3. The van der Waals surface area contributed by atoms with Gasteiger partial charge in [-0.15, -0.1) is 0 Å². The average Bonchev–Trinajstić information content (AvgIpc) is 2.88. The van der Waals surface area contributed by atoms with Crippen LogP contribution in [0.1, 0.15) is 69.4 Å². The highest BCUT2D eigenvalue weighted by Gasteiger charge is 2.19. The lowest BCUT2D eigenvalue weighted by Crippen LogP contribution is -2.27. The molecule has 120 valence electrons. The quantitative estimate of drug-likeness (QED) is 0.724. The molecule has 0 aliphatic heterocycles. The summed E-state index contributed by atoms with van der Waals surface area (Å²) in [4.78, 5) is 12.3. The van der Waals surface area contributed by atoms with Crippen LogP contribution in [0.2, 0.25) is 0 Å². The summed E-state index contributed by atoms with van der Waals surface area (Å²) >= 11 is 0. The van der Waals surface area contributed by atoms with Crippen molar-refractivity contribution in [3.8, 4) is 0 Å². The number of aliphatic hydroxyl groups excluding tert-OH is 1. The predicted octanol–water partition coefficient (Wildman–Crippen LogP) is 2.55. The number of amides is 1. The second-order valence-electron chi connectivity index (χ2n) is 6.62. The van der Waals surface area contributed by atoms with Crippen LogP contribution in [0.25, 0.3) is 0 Å². The summed E-state index contributed by atoms with van der Waals surface area (Å²) in [6, 6.07) is 0. The molecule has 0 fully saturated rings. The van der Waals surface area contributed by atoms with Gasteiger partial charge in [-0.25, -0.2) is 0 Å². The fourth-order valence-corrected chi connectivity index (χ4v) is 2.14. The van der Waals surface area contributed by atoms with Crippen LogP contribution >= 0.6 is 0 Å². The van der Waals surface area contributed by atoms with E-state index >= 15 is 0 Å². The van der Waals surface area contributed by atoms with Gasteiger partial charge in [0.15, 0.2) is 0 Å². The molecular formula is C16H29N3O2. The van der Waals surface area contributed by atoms with E-state index in [9.17, 15) is 9.90 Å². The van der Waals surface area contributed by atoms with Crippen LogP contribution < -0.4 is 5.32 Å². The molecule has 0 atom stereocenters. The molecule has 2 N–H and O–H groups in total. The lowest BCUT2D eigenvalue weighted by molar-refractivity contribution is 0.0947. The Morgan fingerprint density at radius 2 is 2.14 bits per heavy atom. The second-order valence-corrected chi connectivity index (χ2v) is 6.62. The molecule has 1 rings (SSSR count). The molecule has 0 aromatic carbocycles. The zero-order valence-electron chi connectivity index (χ0n) is 13.9. The van der Waals surface area contributed by atoms with Crippen molar-refractivity contribution in [1.82, 2.24) is 15.1 Å². The Hall–Kier alpha value is -1.36. The van der Waals surface area contributed by atoms with Crippen molar-refractivity contribution >= 4 is 5.91 Å². The van der Waals surface area contributed by atoms with E-state index in [0.29, 0.717) is 12.1 Å². The summed E-state index contributed by atoms with van der Waals surface area (Å²) in [5.41, 5.74) is 1.44. The van der Waals surface area contributed by atoms with Gasteiger partial charge < -0.3 is 10.4 Å². The van der Waals surface area contributed by atoms with Crippen LogP contribution in [0.3, 0.4) is 0 Å². The van der Waals surface area contributed by atoms with E-state index in [4.69, 9.17) is 0 Å². The molecule has 1 aromatic rings. The number of nitrogens with one attached hydrogen (secondary N) is 1. The highest BCUT2D eigenvalue weighted by molar-refractivity contribution is 5.95. The van der Waals surface area contributed by atoms with E-state index in [2.05, 4.69) is 10.4 Å². The zero-order valence-corrected chi connectivity index (χ0v) is 13.9. The number of aliphatic hydroxyl groups is 1. The van der Waals surface area contributed by atoms with Crippen molar-refractivity contribution in [2.45, 2.75) is 59.9 Å². The summed E-state index contributed by atoms with van der Waals surface area (Å²) < 4.78 is 1.80. The molecule has 0 aliphatic carbocycles. The Morgan fingerprint density at radius 1 is 1.48 bits per heavy atom. The van der Waals surface area contributed by atoms with E-state index in [0.717, 1.165) is 25.1 Å². The first kappa shape index (κ1) is 17.7. The number of aromatic nitrogens is 2. The summed E-state index contributed by atoms with van der Waals surface area (Å²) in [6.45, 7) is 11.7. The molecule has 0 saturated carbocycles. The smallest absolute Gasteiger partial charge is 0.254 e. The van der Waals surface area contributed by atoms with E-state index < -0.39 is 0 Å². The van der Waals surface area contributed by atoms with Gasteiger partial charge in [0.2, 0.25) is 0 Å². The van der Waals surface area contributed by atoms with E-state index in [1.807, 2.05) is 40.8 Å². The van der Waals surface area contributed by atoms with Crippen molar-refractivity contribution in [3.63, 3.8) is 0 Å². The monoisotopic (exact) mass is 295 g/mol. The molecule has 0 spiro atoms. The minimum absolute atomic E-state index is 0.0554. The molecule has 5 nitrogen and oxygen atoms in total. The Bertz CT molecular complexity index is 464. The highest BCUT2D eigenvalue weighted by Crippen LogP contribution is 2.21. The normalized spacial score (nSPS) is 12.0. The fourth-order valence-electron chi connectivity index (χ4n) is 2.14. The predicted molar refractivity (Wildman–Crippen MR) is 84.4 cm³/mol. The Kier molecular flexibility index (Phi) is 6.40. The maximum atomic E-state index is 12.3. The lowest BCUT2D eigenvalue weighted by atomic mass is 9.89. The zero-order chi connectivity index (χ0) is 16.0. The molecule has 1 heterocycles. The molecule has 1 aromatic heterocycles. The number of carbonyl (C=O) groups excluding carboxylic acids is 1. The second kappa shape index (κ2) is 7.59. The Labute approximate surface area is 127 Å². The number of carbonyl (C=O) groups is 1. The van der Waals surface area contributed by atoms with Gasteiger partial charge in [-0.1, -0.05) is 27.7 Å². The summed E-state index contributed by atoms with van der Waals surface area (Å²) in [7, 11) is 0. The van der Waals surface area contributed by atoms with Gasteiger partial charge in [-0.05, 0) is 31.1 Å². The largest absolute Gasteiger partial charge is 0.396 e. The molecule has 21 heavy (non-hydrogen) atoms. The first-order valence-corrected chi connectivity index (χ1v) is 7.77. The van der Waals surface area contributed by atoms with Crippen molar-refractivity contribution in [2.24, 2.45) is 5.41 Å². The Balaban J connectivity index is 2.58. The van der Waals surface area contributed by atoms with Crippen molar-refractivity contribution < 1.29 is 9.90 Å². The van der Waals surface area contributed by atoms with Crippen LogP contribution in [0.15, 0.2) is 6.20 Å². The first-order chi connectivity index (χ1) is 9.80. The summed E-state index contributed by atoms with van der Waals surface area (Å²) in [6.07, 6.45) is 3.57. The average molecular weight is 295 g/mol. The lowest BCUT2D eigenvalue weighted by Gasteiger charge is -2.21. The molecule has 0 bridgehead atoms. The first-order valence-electron chi connectivity index (χ1n) is 7.77. The minimum Gasteiger partial charge on any atom is -0.396 e. The molecule has 0 saturated heterocycles. The van der Waals surface area contributed by atoms with Gasteiger partial charge in [-0.3, -0.25) is 9.48 Å². The molecular weight excluding hydrogens is 266 g/mol. The van der Waals surface area contributed by atoms with Gasteiger partial charge >= 0.3 is 0 Å². The van der Waals surface area contributed by atoms with Gasteiger partial charge in [-0.2, -0.15) is 5.10 Å². The molecule has 1 amide bonds. The van der Waals surface area contributed by atoms with Crippen LogP contribution in [-0.2, 0) is 6.54 Å². The van der Waals surface area contributed by atoms with Gasteiger partial charge in [0.25, 0.3) is 5.91 Å². The topological polar surface area (TPSA) is 67.2 Å². The number of nitrogens with zero attached hydrogens (tertiary/aromatic N) is 2. The van der Waals surface area contributed by atoms with Crippen molar-refractivity contribution in [2.75, 3.05) is 13.2 Å². The molecule has 0 unspecified atom stereocenters. The van der Waals surface area contributed by atoms with Crippen molar-refractivity contribution in [3.05, 3.63) is 17.5 Å². The van der Waals surface area contributed by atoms with E-state index in [1.165, 1.54) is 0 Å². The van der Waals surface area contributed by atoms with Crippen LogP contribution in [-0.4, -0.2) is 33.9 Å². The standard InChI is InChI=1S/C16H29N3O2/c1-6-19-10-13(14(18-19)12(2)3)15(21)17-9-7-8-16(4,5)11-20/h10,12,20H,6-9,11H2,1-5H3,(H,17,21). The van der Waals surface area contributed by atoms with Gasteiger partial charge in [0.1, 0.15) is 0 Å². The summed E-state index contributed by atoms with van der Waals surface area (Å²) in [5, 5.41) is 16.6. The van der Waals surface area contributed by atoms with Crippen molar-refractivity contribution in [1.29, 1.82) is 0 Å². The number of hydrogen-bond acceptors (Lipinski definition) is 3. The molecule has 0 aliphatic rings. The van der Waals surface area contributed by atoms with Crippen LogP contribution in [0, 0.1) is 5.41 Å². The third-order valence-electron chi connectivity index (χ3n) is 3.65. The maximum absolute atomic E-state index is 12.3. The number of rotatable bonds is 8. The summed E-state index contributed by atoms with van der Waals surface area (Å²) in [5.74, 6) is 0.173. The van der Waals surface area contributed by atoms with E-state index in [1.54, 1.807) is 4.68 Å². The third-order valence-corrected chi connectivity index (χ3v) is 3.65. The molecule has 5 heteroatoms. The minimum atomic E-state index is -0.0824. The van der Waals surface area contributed by atoms with Crippen LogP contribution in [0.4, 0.5) is 0 Å². The number of aryl methyl sites for hydroxylation is 1. The van der Waals surface area contributed by atoms with Crippen LogP contribution in [0.5, 0.6) is 0 Å². The Morgan fingerprint density at radius 3 is 2.67 bits per heavy atom. The fraction of sp³-hybridized carbons (Fsp3) is 0.750. The SMILES string of the molecule is CCn1cc(C(=O)NCCCC(C)(C)CO)c(C(C)C)n1. The third kappa shape index (κ3) is 5.16.